The maximum atomic E-state index is 12.1. The molecule has 0 bridgehead atoms. The number of allylic oxidation sites excluding steroid dienone is 2. The standard InChI is InChI=1S/C19H28O/c1-18-10-4-6-16(18)15-8-7-14-5-2-3-11-19(14,13-20)17(15)9-12-18/h5,13,15-17H,2-4,6-12H2,1H3/t15-,16-,17-,18-,19+/m0/s1. The van der Waals surface area contributed by atoms with E-state index < -0.39 is 0 Å². The van der Waals surface area contributed by atoms with Gasteiger partial charge < -0.3 is 4.79 Å². The lowest BCUT2D eigenvalue weighted by atomic mass is 9.47. The highest BCUT2D eigenvalue weighted by Crippen LogP contribution is 2.64. The number of rotatable bonds is 1. The molecule has 1 nitrogen and oxygen atoms in total. The fraction of sp³-hybridized carbons (Fsp3) is 0.842. The zero-order valence-electron chi connectivity index (χ0n) is 12.9. The molecule has 0 amide bonds. The number of fused-ring (bicyclic) bond motifs is 5. The van der Waals surface area contributed by atoms with E-state index in [1.54, 1.807) is 0 Å². The molecular formula is C19H28O. The summed E-state index contributed by atoms with van der Waals surface area (Å²) in [5.74, 6) is 2.44. The predicted molar refractivity (Wildman–Crippen MR) is 81.3 cm³/mol. The summed E-state index contributed by atoms with van der Waals surface area (Å²) in [5.41, 5.74) is 2.10. The van der Waals surface area contributed by atoms with E-state index in [-0.39, 0.29) is 5.41 Å². The van der Waals surface area contributed by atoms with Gasteiger partial charge in [-0.3, -0.25) is 0 Å². The Morgan fingerprint density at radius 1 is 1.10 bits per heavy atom. The maximum Gasteiger partial charge on any atom is 0.130 e. The average molecular weight is 272 g/mol. The summed E-state index contributed by atoms with van der Waals surface area (Å²) < 4.78 is 0. The van der Waals surface area contributed by atoms with Crippen molar-refractivity contribution in [2.24, 2.45) is 28.6 Å². The van der Waals surface area contributed by atoms with Crippen molar-refractivity contribution >= 4 is 6.29 Å². The molecule has 0 aromatic rings. The van der Waals surface area contributed by atoms with Gasteiger partial charge >= 0.3 is 0 Å². The average Bonchev–Trinajstić information content (AvgIpc) is 2.88. The van der Waals surface area contributed by atoms with Crippen molar-refractivity contribution in [2.75, 3.05) is 0 Å². The topological polar surface area (TPSA) is 17.1 Å². The smallest absolute Gasteiger partial charge is 0.130 e. The van der Waals surface area contributed by atoms with Gasteiger partial charge in [0.05, 0.1) is 0 Å². The number of carbonyl (C=O) groups excluding carboxylic acids is 1. The molecule has 20 heavy (non-hydrogen) atoms. The second-order valence-electron chi connectivity index (χ2n) is 8.28. The van der Waals surface area contributed by atoms with Crippen molar-refractivity contribution < 1.29 is 4.79 Å². The van der Waals surface area contributed by atoms with Crippen molar-refractivity contribution in [2.45, 2.75) is 71.1 Å². The first kappa shape index (κ1) is 13.1. The number of carbonyl (C=O) groups is 1. The van der Waals surface area contributed by atoms with Crippen molar-refractivity contribution in [1.29, 1.82) is 0 Å². The van der Waals surface area contributed by atoms with Crippen molar-refractivity contribution in [3.63, 3.8) is 0 Å². The van der Waals surface area contributed by atoms with Gasteiger partial charge in [-0.05, 0) is 81.0 Å². The molecule has 4 rings (SSSR count). The normalized spacial score (nSPS) is 50.6. The van der Waals surface area contributed by atoms with Crippen molar-refractivity contribution in [1.82, 2.24) is 0 Å². The minimum absolute atomic E-state index is 0.0366. The van der Waals surface area contributed by atoms with Crippen LogP contribution in [0.4, 0.5) is 0 Å². The van der Waals surface area contributed by atoms with Gasteiger partial charge in [-0.25, -0.2) is 0 Å². The minimum atomic E-state index is -0.0366. The van der Waals surface area contributed by atoms with Crippen LogP contribution in [0.5, 0.6) is 0 Å². The Hall–Kier alpha value is -0.590. The number of aldehydes is 1. The molecule has 0 heterocycles. The molecular weight excluding hydrogens is 244 g/mol. The Kier molecular flexibility index (Phi) is 2.91. The van der Waals surface area contributed by atoms with Crippen LogP contribution in [-0.4, -0.2) is 6.29 Å². The zero-order valence-corrected chi connectivity index (χ0v) is 12.9. The summed E-state index contributed by atoms with van der Waals surface area (Å²) in [5, 5.41) is 0. The molecule has 0 aliphatic heterocycles. The third kappa shape index (κ3) is 1.58. The van der Waals surface area contributed by atoms with Gasteiger partial charge in [0.1, 0.15) is 6.29 Å². The summed E-state index contributed by atoms with van der Waals surface area (Å²) in [6.45, 7) is 2.54. The molecule has 5 atom stereocenters. The van der Waals surface area contributed by atoms with E-state index in [4.69, 9.17) is 0 Å². The van der Waals surface area contributed by atoms with Crippen LogP contribution in [0.3, 0.4) is 0 Å². The Bertz CT molecular complexity index is 451. The second-order valence-corrected chi connectivity index (χ2v) is 8.28. The molecule has 4 aliphatic rings. The zero-order chi connectivity index (χ0) is 13.8. The molecule has 3 fully saturated rings. The van der Waals surface area contributed by atoms with Crippen LogP contribution in [0.15, 0.2) is 11.6 Å². The summed E-state index contributed by atoms with van der Waals surface area (Å²) in [7, 11) is 0. The van der Waals surface area contributed by atoms with E-state index >= 15 is 0 Å². The monoisotopic (exact) mass is 272 g/mol. The van der Waals surface area contributed by atoms with E-state index in [1.807, 2.05) is 0 Å². The van der Waals surface area contributed by atoms with Crippen LogP contribution in [0.25, 0.3) is 0 Å². The summed E-state index contributed by atoms with van der Waals surface area (Å²) in [4.78, 5) is 12.1. The fourth-order valence-electron chi connectivity index (χ4n) is 6.65. The van der Waals surface area contributed by atoms with Gasteiger partial charge in [0, 0.05) is 5.41 Å². The molecule has 0 saturated heterocycles. The SMILES string of the molecule is C[C@@]12CCC[C@H]1[C@@H]1CCC3=CCCC[C@]3(C=O)[C@H]1CC2. The Labute approximate surface area is 123 Å². The van der Waals surface area contributed by atoms with E-state index in [2.05, 4.69) is 13.0 Å². The molecule has 4 aliphatic carbocycles. The van der Waals surface area contributed by atoms with Crippen LogP contribution in [0.2, 0.25) is 0 Å². The second kappa shape index (κ2) is 4.45. The number of hydrogen-bond acceptors (Lipinski definition) is 1. The number of hydrogen-bond donors (Lipinski definition) is 0. The highest BCUT2D eigenvalue weighted by atomic mass is 16.1. The molecule has 0 spiro atoms. The first-order chi connectivity index (χ1) is 9.70. The van der Waals surface area contributed by atoms with E-state index in [1.165, 1.54) is 69.6 Å². The lowest BCUT2D eigenvalue weighted by Crippen LogP contribution is -2.50. The largest absolute Gasteiger partial charge is 0.302 e. The molecule has 110 valence electrons. The van der Waals surface area contributed by atoms with Crippen LogP contribution in [0.1, 0.15) is 71.1 Å². The first-order valence-corrected chi connectivity index (χ1v) is 8.85. The van der Waals surface area contributed by atoms with Crippen LogP contribution in [-0.2, 0) is 4.79 Å². The quantitative estimate of drug-likeness (QED) is 0.489. The first-order valence-electron chi connectivity index (χ1n) is 8.85. The Balaban J connectivity index is 1.72. The van der Waals surface area contributed by atoms with Crippen LogP contribution in [0, 0.1) is 28.6 Å². The van der Waals surface area contributed by atoms with Crippen LogP contribution < -0.4 is 0 Å². The Morgan fingerprint density at radius 3 is 2.85 bits per heavy atom. The van der Waals surface area contributed by atoms with Gasteiger partial charge in [0.2, 0.25) is 0 Å². The van der Waals surface area contributed by atoms with E-state index in [0.717, 1.165) is 18.3 Å². The van der Waals surface area contributed by atoms with Gasteiger partial charge in [0.25, 0.3) is 0 Å². The maximum absolute atomic E-state index is 12.1. The molecule has 0 unspecified atom stereocenters. The van der Waals surface area contributed by atoms with Gasteiger partial charge in [-0.15, -0.1) is 0 Å². The van der Waals surface area contributed by atoms with E-state index in [9.17, 15) is 4.79 Å². The highest BCUT2D eigenvalue weighted by molar-refractivity contribution is 5.67. The Morgan fingerprint density at radius 2 is 2.00 bits per heavy atom. The minimum Gasteiger partial charge on any atom is -0.302 e. The lowest BCUT2D eigenvalue weighted by molar-refractivity contribution is -0.125. The third-order valence-electron chi connectivity index (χ3n) is 7.62. The van der Waals surface area contributed by atoms with Gasteiger partial charge in [-0.1, -0.05) is 25.0 Å². The third-order valence-corrected chi connectivity index (χ3v) is 7.62. The summed E-state index contributed by atoms with van der Waals surface area (Å²) in [6, 6.07) is 0. The molecule has 1 heteroatoms. The highest BCUT2D eigenvalue weighted by Gasteiger charge is 2.57. The van der Waals surface area contributed by atoms with Crippen LogP contribution >= 0.6 is 0 Å². The molecule has 3 saturated carbocycles. The molecule has 0 aromatic heterocycles. The van der Waals surface area contributed by atoms with E-state index in [0.29, 0.717) is 11.3 Å². The molecule has 0 N–H and O–H groups in total. The van der Waals surface area contributed by atoms with Gasteiger partial charge in [-0.2, -0.15) is 0 Å². The molecule has 0 aromatic carbocycles. The van der Waals surface area contributed by atoms with Gasteiger partial charge in [0.15, 0.2) is 0 Å². The summed E-state index contributed by atoms with van der Waals surface area (Å²) >= 11 is 0. The van der Waals surface area contributed by atoms with Crippen molar-refractivity contribution in [3.8, 4) is 0 Å². The molecule has 0 radical (unpaired) electrons. The fourth-order valence-corrected chi connectivity index (χ4v) is 6.65. The van der Waals surface area contributed by atoms with Crippen molar-refractivity contribution in [3.05, 3.63) is 11.6 Å². The lowest BCUT2D eigenvalue weighted by Gasteiger charge is -2.56. The predicted octanol–water partition coefficient (Wildman–Crippen LogP) is 4.91. The summed E-state index contributed by atoms with van der Waals surface area (Å²) in [6.07, 6.45) is 17.0.